The van der Waals surface area contributed by atoms with Crippen molar-refractivity contribution in [1.82, 2.24) is 51.7 Å². The smallest absolute Gasteiger partial charge is 0.251 e. The number of carbonyl (C=O) groups is 9. The Morgan fingerprint density at radius 1 is 0.826 bits per heavy atom. The van der Waals surface area contributed by atoms with Crippen molar-refractivity contribution in [3.05, 3.63) is 101 Å². The number of aliphatic hydroxyl groups excluding tert-OH is 2. The van der Waals surface area contributed by atoms with Crippen molar-refractivity contribution in [1.29, 1.82) is 0 Å². The number of aromatic carboxylic acids is 1. The number of rotatable bonds is 9. The van der Waals surface area contributed by atoms with E-state index in [1.165, 1.54) is 39.8 Å². The van der Waals surface area contributed by atoms with E-state index in [0.29, 0.717) is 49.3 Å². The van der Waals surface area contributed by atoms with E-state index in [2.05, 4.69) is 42.2 Å². The third kappa shape index (κ3) is 13.2. The van der Waals surface area contributed by atoms with Crippen molar-refractivity contribution in [2.45, 2.75) is 112 Å². The quantitative estimate of drug-likeness (QED) is 0.0590. The Balaban J connectivity index is 1.05. The van der Waals surface area contributed by atoms with Gasteiger partial charge >= 0.3 is 0 Å². The summed E-state index contributed by atoms with van der Waals surface area (Å²) in [7, 11) is 7.49. The fourth-order valence-electron chi connectivity index (χ4n) is 10.9. The number of aromatic nitrogens is 1. The molecule has 0 unspecified atom stereocenters. The molecule has 25 nitrogen and oxygen atoms in total. The molecule has 11 N–H and O–H groups in total. The second-order valence-corrected chi connectivity index (χ2v) is 23.8. The van der Waals surface area contributed by atoms with Gasteiger partial charge in [0.25, 0.3) is 5.91 Å². The van der Waals surface area contributed by atoms with Gasteiger partial charge in [-0.3, -0.25) is 38.4 Å². The number of para-hydroxylation sites is 1. The average molecular weight is 1200 g/mol. The zero-order valence-corrected chi connectivity index (χ0v) is 49.3. The van der Waals surface area contributed by atoms with Crippen LogP contribution < -0.4 is 57.2 Å². The van der Waals surface area contributed by atoms with Crippen LogP contribution in [0.15, 0.2) is 88.3 Å². The summed E-state index contributed by atoms with van der Waals surface area (Å²) in [5.74, 6) is -8.75. The molecule has 0 radical (unpaired) electrons. The molecular weight excluding hydrogens is 1130 g/mol. The minimum Gasteiger partial charge on any atom is -0.545 e. The van der Waals surface area contributed by atoms with E-state index in [4.69, 9.17) is 4.42 Å². The predicted octanol–water partition coefficient (Wildman–Crippen LogP) is -1.33. The van der Waals surface area contributed by atoms with Gasteiger partial charge in [-0.15, -0.1) is 11.8 Å². The summed E-state index contributed by atoms with van der Waals surface area (Å²) in [6.07, 6.45) is -3.96. The Labute approximate surface area is 497 Å². The van der Waals surface area contributed by atoms with E-state index in [1.54, 1.807) is 24.3 Å². The van der Waals surface area contributed by atoms with Crippen LogP contribution in [0.1, 0.15) is 66.8 Å². The van der Waals surface area contributed by atoms with Crippen LogP contribution in [0.4, 0.5) is 5.69 Å². The Kier molecular flexibility index (Phi) is 17.9. The number of hydrogen-bond donors (Lipinski definition) is 11. The number of fused-ring (bicyclic) bond motifs is 7. The first-order chi connectivity index (χ1) is 40.7. The normalized spacial score (nSPS) is 23.8. The number of thioether (sulfide) groups is 1. The molecule has 0 spiro atoms. The summed E-state index contributed by atoms with van der Waals surface area (Å²) in [4.78, 5) is 134. The molecule has 8 amide bonds. The predicted molar refractivity (Wildman–Crippen MR) is 315 cm³/mol. The third-order valence-electron chi connectivity index (χ3n) is 15.7. The van der Waals surface area contributed by atoms with Crippen LogP contribution in [0.3, 0.4) is 0 Å². The van der Waals surface area contributed by atoms with Crippen molar-refractivity contribution in [2.75, 3.05) is 51.9 Å². The number of amides is 8. The van der Waals surface area contributed by atoms with Crippen LogP contribution >= 0.6 is 11.8 Å². The number of carboxylic acids is 1. The molecular formula is C60H69N11O14S. The average Bonchev–Trinajstić information content (AvgIpc) is 1.00. The Hall–Kier alpha value is -8.85. The van der Waals surface area contributed by atoms with Gasteiger partial charge in [0.1, 0.15) is 67.7 Å². The van der Waals surface area contributed by atoms with E-state index in [9.17, 15) is 63.6 Å². The lowest BCUT2D eigenvalue weighted by atomic mass is 9.89. The van der Waals surface area contributed by atoms with Gasteiger partial charge in [0, 0.05) is 109 Å². The largest absolute Gasteiger partial charge is 0.545 e. The lowest BCUT2D eigenvalue weighted by Gasteiger charge is -2.31. The molecule has 5 heterocycles. The molecule has 1 aromatic heterocycles. The third-order valence-corrected chi connectivity index (χ3v) is 16.8. The maximum Gasteiger partial charge on any atom is 0.251 e. The summed E-state index contributed by atoms with van der Waals surface area (Å²) in [5, 5.41) is 67.4. The molecule has 9 rings (SSSR count). The molecule has 454 valence electrons. The number of aromatic amines is 1. The Morgan fingerprint density at radius 3 is 2.21 bits per heavy atom. The van der Waals surface area contributed by atoms with Crippen molar-refractivity contribution >= 4 is 92.5 Å². The van der Waals surface area contributed by atoms with Gasteiger partial charge < -0.3 is 81.6 Å². The number of H-pyrrole nitrogens is 1. The van der Waals surface area contributed by atoms with Crippen LogP contribution in [0.2, 0.25) is 0 Å². The molecule has 4 aromatic rings. The first kappa shape index (κ1) is 61.7. The number of anilines is 1. The van der Waals surface area contributed by atoms with Crippen LogP contribution in [0, 0.1) is 0 Å². The van der Waals surface area contributed by atoms with Crippen LogP contribution in [-0.4, -0.2) is 186 Å². The fourth-order valence-corrected chi connectivity index (χ4v) is 12.0. The summed E-state index contributed by atoms with van der Waals surface area (Å²) >= 11 is 1.05. The SMILES string of the molecule is C[C@@H]1NC(=O)[C@H](C[C@@](C)(O)CNC(=O)c2ccc(-c3c4ccc(=[N+](C)C)cc-4oc4cc(N(C)C)ccc34)c(C(=O)[O-])c2)NC(=O)[C@@H]2Cc3c([nH]c4ccccc34)SC[C@H](NC(=O)[C@@H]([C@H](C)O)NC1=O)C(=O)N1C[C@@H](O)C[C@H]1C(=O)N[C@@H](C)C(=O)N2. The number of carbonyl (C=O) groups excluding carboxylic acids is 9. The lowest BCUT2D eigenvalue weighted by molar-refractivity contribution is -0.255. The first-order valence-corrected chi connectivity index (χ1v) is 28.9. The van der Waals surface area contributed by atoms with E-state index in [0.717, 1.165) is 33.8 Å². The van der Waals surface area contributed by atoms with Gasteiger partial charge in [0.05, 0.1) is 34.9 Å². The van der Waals surface area contributed by atoms with Crippen molar-refractivity contribution in [3.8, 4) is 22.5 Å². The molecule has 1 fully saturated rings. The Morgan fingerprint density at radius 2 is 1.51 bits per heavy atom. The zero-order chi connectivity index (χ0) is 62.2. The van der Waals surface area contributed by atoms with E-state index >= 15 is 0 Å². The second-order valence-electron chi connectivity index (χ2n) is 22.8. The standard InChI is InChI=1S/C60H69N11O14S/c1-28-50(74)64-42-23-39-35-11-9-10-12-41(35)67-57(39)86-26-44(58(81)71-25-34(73)22-45(71)55(79)63-28)66-56(80)49(30(3)72)68-51(75)29(2)62-54(78)43(65-53(42)77)24-60(4,84)27-61-52(76)31-13-16-36(40(19-31)59(82)83)48-37-17-14-32(69(5)6)20-46(37)85-47-21-33(70(7)8)15-18-38(47)48/h9-21,28-30,34,42-45,49,67,72-73,84H,22-27H2,1-8H3,(H7-,61,62,63,64,65,66,68,74,75,76,77,78,79,80,82,83)/t28-,29-,30-,34-,42-,43-,44-,45-,49+,60+/m0/s1. The molecule has 0 saturated carbocycles. The highest BCUT2D eigenvalue weighted by Crippen LogP contribution is 2.42. The number of hydrogen-bond acceptors (Lipinski definition) is 16. The number of aliphatic hydroxyl groups is 3. The second kappa shape index (κ2) is 25.0. The van der Waals surface area contributed by atoms with E-state index in [-0.39, 0.29) is 41.8 Å². The maximum absolute atomic E-state index is 15.0. The maximum atomic E-state index is 15.0. The van der Waals surface area contributed by atoms with Crippen molar-refractivity contribution < 1.29 is 68.0 Å². The van der Waals surface area contributed by atoms with E-state index < -0.39 is 126 Å². The molecule has 3 aromatic carbocycles. The molecule has 4 aliphatic heterocycles. The molecule has 5 aliphatic rings. The summed E-state index contributed by atoms with van der Waals surface area (Å²) < 4.78 is 8.31. The van der Waals surface area contributed by atoms with Crippen molar-refractivity contribution in [2.24, 2.45) is 0 Å². The topological polar surface area (TPSA) is 360 Å². The number of nitrogens with one attached hydrogen (secondary N) is 8. The molecule has 2 bridgehead atoms. The monoisotopic (exact) mass is 1200 g/mol. The molecule has 26 heteroatoms. The van der Waals surface area contributed by atoms with E-state index in [1.807, 2.05) is 74.1 Å². The molecule has 1 saturated heterocycles. The fraction of sp³-hybridized carbons (Fsp3) is 0.400. The van der Waals surface area contributed by atoms with Gasteiger partial charge in [0.15, 0.2) is 0 Å². The van der Waals surface area contributed by atoms with Gasteiger partial charge in [-0.2, -0.15) is 0 Å². The highest BCUT2D eigenvalue weighted by atomic mass is 32.2. The van der Waals surface area contributed by atoms with Crippen LogP contribution in [0.5, 0.6) is 0 Å². The Bertz CT molecular complexity index is 3760. The van der Waals surface area contributed by atoms with Crippen LogP contribution in [0.25, 0.3) is 44.3 Å². The van der Waals surface area contributed by atoms with Gasteiger partial charge in [-0.05, 0) is 75.2 Å². The van der Waals surface area contributed by atoms with Crippen LogP contribution in [-0.2, 0) is 40.0 Å². The van der Waals surface area contributed by atoms with Gasteiger partial charge in [-0.1, -0.05) is 24.3 Å². The highest BCUT2D eigenvalue weighted by molar-refractivity contribution is 7.99. The number of carboxylic acid groups (broad SMARTS) is 1. The van der Waals surface area contributed by atoms with Crippen molar-refractivity contribution in [3.63, 3.8) is 0 Å². The number of benzene rings is 4. The summed E-state index contributed by atoms with van der Waals surface area (Å²) in [5.41, 5.74) is 1.05. The molecule has 86 heavy (non-hydrogen) atoms. The number of nitrogens with zero attached hydrogens (tertiary/aromatic N) is 3. The minimum absolute atomic E-state index is 0.144. The summed E-state index contributed by atoms with van der Waals surface area (Å²) in [6, 6.07) is 11.3. The van der Waals surface area contributed by atoms with Gasteiger partial charge in [-0.25, -0.2) is 4.58 Å². The first-order valence-electron chi connectivity index (χ1n) is 27.9. The molecule has 1 aliphatic carbocycles. The molecule has 10 atom stereocenters. The minimum atomic E-state index is -2.09. The van der Waals surface area contributed by atoms with Gasteiger partial charge in [0.2, 0.25) is 46.7 Å². The summed E-state index contributed by atoms with van der Waals surface area (Å²) in [6.45, 7) is 4.12. The zero-order valence-electron chi connectivity index (χ0n) is 48.5. The lowest BCUT2D eigenvalue weighted by Crippen LogP contribution is -2.62. The highest BCUT2D eigenvalue weighted by Gasteiger charge is 2.44.